The van der Waals surface area contributed by atoms with E-state index in [9.17, 15) is 9.90 Å². The summed E-state index contributed by atoms with van der Waals surface area (Å²) in [5, 5.41) is 9.79. The van der Waals surface area contributed by atoms with Crippen LogP contribution < -0.4 is 5.56 Å². The number of aromatic amines is 1. The first-order chi connectivity index (χ1) is 9.91. The number of aromatic nitrogens is 4. The molecule has 21 heavy (non-hydrogen) atoms. The molecule has 0 aliphatic heterocycles. The van der Waals surface area contributed by atoms with Crippen LogP contribution in [0, 0.1) is 17.3 Å². The van der Waals surface area contributed by atoms with Gasteiger partial charge in [0.15, 0.2) is 11.2 Å². The predicted octanol–water partition coefficient (Wildman–Crippen LogP) is 1.55. The Labute approximate surface area is 123 Å². The van der Waals surface area contributed by atoms with Gasteiger partial charge >= 0.3 is 0 Å². The fourth-order valence-corrected chi connectivity index (χ4v) is 3.72. The van der Waals surface area contributed by atoms with Gasteiger partial charge in [-0.3, -0.25) is 4.79 Å². The zero-order chi connectivity index (χ0) is 15.2. The smallest absolute Gasteiger partial charge is 0.278 e. The molecular weight excluding hydrogens is 268 g/mol. The van der Waals surface area contributed by atoms with E-state index in [0.29, 0.717) is 23.0 Å². The molecule has 0 saturated heterocycles. The Kier molecular flexibility index (Phi) is 3.36. The SMILES string of the molecule is C[C@H](O)[C@@H]1C[C@H](CCn2cnc3c(=O)[nH]cnc32)C1(C)C. The van der Waals surface area contributed by atoms with Crippen LogP contribution in [-0.2, 0) is 6.54 Å². The molecule has 1 fully saturated rings. The number of aliphatic hydroxyl groups excluding tert-OH is 1. The van der Waals surface area contributed by atoms with Crippen molar-refractivity contribution in [3.63, 3.8) is 0 Å². The summed E-state index contributed by atoms with van der Waals surface area (Å²) in [6.45, 7) is 7.14. The van der Waals surface area contributed by atoms with Gasteiger partial charge in [-0.25, -0.2) is 9.97 Å². The van der Waals surface area contributed by atoms with Crippen molar-refractivity contribution in [2.24, 2.45) is 17.3 Å². The van der Waals surface area contributed by atoms with Gasteiger partial charge in [-0.05, 0) is 37.0 Å². The van der Waals surface area contributed by atoms with Crippen molar-refractivity contribution in [2.75, 3.05) is 0 Å². The van der Waals surface area contributed by atoms with E-state index >= 15 is 0 Å². The highest BCUT2D eigenvalue weighted by Crippen LogP contribution is 2.54. The second-order valence-electron chi connectivity index (χ2n) is 6.73. The number of hydrogen-bond acceptors (Lipinski definition) is 4. The Hall–Kier alpha value is -1.69. The molecule has 2 N–H and O–H groups in total. The molecule has 2 aromatic rings. The van der Waals surface area contributed by atoms with Gasteiger partial charge in [-0.2, -0.15) is 0 Å². The van der Waals surface area contributed by atoms with Gasteiger partial charge < -0.3 is 14.7 Å². The summed E-state index contributed by atoms with van der Waals surface area (Å²) in [5.41, 5.74) is 1.00. The van der Waals surface area contributed by atoms with Crippen molar-refractivity contribution in [2.45, 2.75) is 46.3 Å². The fourth-order valence-electron chi connectivity index (χ4n) is 3.72. The number of H-pyrrole nitrogens is 1. The first-order valence-corrected chi connectivity index (χ1v) is 7.48. The lowest BCUT2D eigenvalue weighted by Gasteiger charge is -2.54. The highest BCUT2D eigenvalue weighted by Gasteiger charge is 2.49. The van der Waals surface area contributed by atoms with E-state index in [1.165, 1.54) is 6.33 Å². The minimum absolute atomic E-state index is 0.162. The van der Waals surface area contributed by atoms with Crippen LogP contribution in [0.2, 0.25) is 0 Å². The highest BCUT2D eigenvalue weighted by molar-refractivity contribution is 5.68. The van der Waals surface area contributed by atoms with E-state index in [1.807, 2.05) is 11.5 Å². The Balaban J connectivity index is 1.71. The molecule has 114 valence electrons. The van der Waals surface area contributed by atoms with Crippen LogP contribution in [0.5, 0.6) is 0 Å². The largest absolute Gasteiger partial charge is 0.393 e. The van der Waals surface area contributed by atoms with E-state index in [2.05, 4.69) is 28.8 Å². The maximum Gasteiger partial charge on any atom is 0.278 e. The molecule has 0 aromatic carbocycles. The van der Waals surface area contributed by atoms with Gasteiger partial charge in [-0.1, -0.05) is 13.8 Å². The van der Waals surface area contributed by atoms with E-state index in [-0.39, 0.29) is 17.1 Å². The number of rotatable bonds is 4. The van der Waals surface area contributed by atoms with Gasteiger partial charge in [-0.15, -0.1) is 0 Å². The van der Waals surface area contributed by atoms with Crippen molar-refractivity contribution in [1.29, 1.82) is 0 Å². The number of hydrogen-bond donors (Lipinski definition) is 2. The first-order valence-electron chi connectivity index (χ1n) is 7.48. The number of aryl methyl sites for hydroxylation is 1. The molecule has 3 rings (SSSR count). The van der Waals surface area contributed by atoms with Crippen molar-refractivity contribution < 1.29 is 5.11 Å². The van der Waals surface area contributed by atoms with Crippen LogP contribution in [0.1, 0.15) is 33.6 Å². The molecule has 3 atom stereocenters. The molecule has 6 heteroatoms. The zero-order valence-corrected chi connectivity index (χ0v) is 12.7. The Morgan fingerprint density at radius 2 is 2.29 bits per heavy atom. The topological polar surface area (TPSA) is 83.8 Å². The molecule has 0 bridgehead atoms. The van der Waals surface area contributed by atoms with Crippen LogP contribution >= 0.6 is 0 Å². The van der Waals surface area contributed by atoms with E-state index in [0.717, 1.165) is 19.4 Å². The van der Waals surface area contributed by atoms with Gasteiger partial charge in [0.25, 0.3) is 5.56 Å². The van der Waals surface area contributed by atoms with Gasteiger partial charge in [0.05, 0.1) is 18.8 Å². The number of aliphatic hydroxyl groups is 1. The minimum Gasteiger partial charge on any atom is -0.393 e. The third-order valence-electron chi connectivity index (χ3n) is 5.25. The number of nitrogens with one attached hydrogen (secondary N) is 1. The molecule has 2 heterocycles. The van der Waals surface area contributed by atoms with E-state index in [4.69, 9.17) is 0 Å². The van der Waals surface area contributed by atoms with Gasteiger partial charge in [0.1, 0.15) is 0 Å². The van der Waals surface area contributed by atoms with Gasteiger partial charge in [0, 0.05) is 6.54 Å². The third-order valence-corrected chi connectivity index (χ3v) is 5.25. The summed E-state index contributed by atoms with van der Waals surface area (Å²) in [7, 11) is 0. The second kappa shape index (κ2) is 4.94. The molecule has 6 nitrogen and oxygen atoms in total. The molecule has 1 saturated carbocycles. The molecular formula is C15H22N4O2. The first kappa shape index (κ1) is 14.3. The van der Waals surface area contributed by atoms with E-state index < -0.39 is 0 Å². The van der Waals surface area contributed by atoms with Crippen molar-refractivity contribution in [3.8, 4) is 0 Å². The third kappa shape index (κ3) is 2.27. The van der Waals surface area contributed by atoms with E-state index in [1.54, 1.807) is 6.33 Å². The summed E-state index contributed by atoms with van der Waals surface area (Å²) in [6, 6.07) is 0. The summed E-state index contributed by atoms with van der Waals surface area (Å²) < 4.78 is 1.94. The Morgan fingerprint density at radius 3 is 2.95 bits per heavy atom. The molecule has 1 aliphatic carbocycles. The lowest BCUT2D eigenvalue weighted by molar-refractivity contribution is -0.0917. The number of nitrogens with zero attached hydrogens (tertiary/aromatic N) is 3. The standard InChI is InChI=1S/C15H22N4O2/c1-9(20)11-6-10(15(11,2)3)4-5-19-8-18-12-13(19)16-7-17-14(12)21/h7-11,20H,4-6H2,1-3H3,(H,16,17,21)/t9-,10-,11-/m0/s1. The second-order valence-corrected chi connectivity index (χ2v) is 6.73. The summed E-state index contributed by atoms with van der Waals surface area (Å²) in [6.07, 6.45) is 4.93. The maximum atomic E-state index is 11.6. The molecule has 2 aromatic heterocycles. The lowest BCUT2D eigenvalue weighted by atomic mass is 9.52. The fraction of sp³-hybridized carbons (Fsp3) is 0.667. The molecule has 0 unspecified atom stereocenters. The quantitative estimate of drug-likeness (QED) is 0.895. The normalized spacial score (nSPS) is 25.7. The number of imidazole rings is 1. The summed E-state index contributed by atoms with van der Waals surface area (Å²) in [4.78, 5) is 22.5. The van der Waals surface area contributed by atoms with Gasteiger partial charge in [0.2, 0.25) is 0 Å². The highest BCUT2D eigenvalue weighted by atomic mass is 16.3. The van der Waals surface area contributed by atoms with Crippen LogP contribution in [-0.4, -0.2) is 30.7 Å². The molecule has 0 radical (unpaired) electrons. The van der Waals surface area contributed by atoms with Crippen molar-refractivity contribution in [3.05, 3.63) is 23.0 Å². The van der Waals surface area contributed by atoms with Crippen LogP contribution in [0.15, 0.2) is 17.4 Å². The summed E-state index contributed by atoms with van der Waals surface area (Å²) in [5.74, 6) is 0.958. The number of fused-ring (bicyclic) bond motifs is 1. The molecule has 1 aliphatic rings. The Morgan fingerprint density at radius 1 is 1.52 bits per heavy atom. The predicted molar refractivity (Wildman–Crippen MR) is 79.8 cm³/mol. The van der Waals surface area contributed by atoms with Crippen LogP contribution in [0.3, 0.4) is 0 Å². The lowest BCUT2D eigenvalue weighted by Crippen LogP contribution is -2.49. The minimum atomic E-state index is -0.245. The van der Waals surface area contributed by atoms with Crippen molar-refractivity contribution in [1.82, 2.24) is 19.5 Å². The summed E-state index contributed by atoms with van der Waals surface area (Å²) >= 11 is 0. The molecule has 0 spiro atoms. The zero-order valence-electron chi connectivity index (χ0n) is 12.7. The average Bonchev–Trinajstić information content (AvgIpc) is 2.82. The maximum absolute atomic E-state index is 11.6. The van der Waals surface area contributed by atoms with Crippen molar-refractivity contribution >= 4 is 11.2 Å². The monoisotopic (exact) mass is 290 g/mol. The van der Waals surface area contributed by atoms with Crippen LogP contribution in [0.4, 0.5) is 0 Å². The molecule has 0 amide bonds. The Bertz CT molecular complexity index is 701. The average molecular weight is 290 g/mol. The van der Waals surface area contributed by atoms with Crippen LogP contribution in [0.25, 0.3) is 11.2 Å².